The van der Waals surface area contributed by atoms with Crippen LogP contribution in [-0.2, 0) is 20.7 Å². The molecule has 0 aliphatic carbocycles. The van der Waals surface area contributed by atoms with Crippen LogP contribution in [0.3, 0.4) is 0 Å². The van der Waals surface area contributed by atoms with Gasteiger partial charge in [0.1, 0.15) is 17.2 Å². The summed E-state index contributed by atoms with van der Waals surface area (Å²) in [6, 6.07) is 6.64. The minimum atomic E-state index is -0.688. The maximum absolute atomic E-state index is 14.2. The maximum atomic E-state index is 14.2. The van der Waals surface area contributed by atoms with Gasteiger partial charge in [-0.2, -0.15) is 0 Å². The van der Waals surface area contributed by atoms with Gasteiger partial charge in [-0.25, -0.2) is 13.6 Å². The molecular formula is C25H29BrF2N2O4. The molecule has 2 aromatic carbocycles. The Balaban J connectivity index is 1.86. The first-order valence-electron chi connectivity index (χ1n) is 10.9. The number of carbonyl (C=O) groups excluding carboxylic acids is 2. The molecule has 0 radical (unpaired) electrons. The molecule has 34 heavy (non-hydrogen) atoms. The van der Waals surface area contributed by atoms with Crippen molar-refractivity contribution in [2.24, 2.45) is 5.41 Å². The molecule has 1 amide bonds. The van der Waals surface area contributed by atoms with E-state index in [1.165, 1.54) is 0 Å². The highest BCUT2D eigenvalue weighted by Crippen LogP contribution is 2.33. The molecule has 3 rings (SSSR count). The van der Waals surface area contributed by atoms with Gasteiger partial charge in [-0.05, 0) is 67.0 Å². The fourth-order valence-electron chi connectivity index (χ4n) is 3.49. The van der Waals surface area contributed by atoms with Crippen LogP contribution in [0.2, 0.25) is 0 Å². The number of carbonyl (C=O) groups is 2. The van der Waals surface area contributed by atoms with Gasteiger partial charge in [0.25, 0.3) is 0 Å². The number of halogens is 3. The van der Waals surface area contributed by atoms with Crippen molar-refractivity contribution in [3.8, 4) is 0 Å². The molecule has 1 atom stereocenters. The van der Waals surface area contributed by atoms with Gasteiger partial charge >= 0.3 is 5.97 Å². The molecule has 2 aromatic rings. The summed E-state index contributed by atoms with van der Waals surface area (Å²) in [6.45, 7) is 10.5. The third-order valence-corrected chi connectivity index (χ3v) is 6.01. The molecule has 6 nitrogen and oxygen atoms in total. The van der Waals surface area contributed by atoms with Crippen LogP contribution in [-0.4, -0.2) is 36.7 Å². The number of benzene rings is 2. The van der Waals surface area contributed by atoms with E-state index in [1.54, 1.807) is 39.0 Å². The minimum absolute atomic E-state index is 0.0141. The van der Waals surface area contributed by atoms with Crippen molar-refractivity contribution >= 4 is 39.2 Å². The minimum Gasteiger partial charge on any atom is -0.456 e. The Morgan fingerprint density at radius 1 is 1.15 bits per heavy atom. The van der Waals surface area contributed by atoms with Crippen LogP contribution in [0.25, 0.3) is 0 Å². The van der Waals surface area contributed by atoms with Crippen LogP contribution >= 0.6 is 15.9 Å². The van der Waals surface area contributed by atoms with E-state index >= 15 is 0 Å². The summed E-state index contributed by atoms with van der Waals surface area (Å²) in [5.74, 6) is -2.37. The molecule has 0 spiro atoms. The number of amides is 1. The standard InChI is InChI=1S/C25H29BrF2N2O4/c1-24(2,3)34-23(32)14-6-7-19(20(9-14)29-21-12-33-13-25(21,4)5)30-22(31)10-15-8-18(28)16(26)11-17(15)27/h6-9,11,21,29H,10,12-13H2,1-5H3,(H,30,31)/t21-/m1/s1. The van der Waals surface area contributed by atoms with E-state index in [4.69, 9.17) is 9.47 Å². The molecule has 184 valence electrons. The van der Waals surface area contributed by atoms with Crippen molar-refractivity contribution in [1.29, 1.82) is 0 Å². The average molecular weight is 539 g/mol. The molecule has 0 aromatic heterocycles. The second-order valence-electron chi connectivity index (χ2n) is 10.0. The Morgan fingerprint density at radius 3 is 2.47 bits per heavy atom. The Bertz CT molecular complexity index is 1100. The zero-order valence-electron chi connectivity index (χ0n) is 19.9. The maximum Gasteiger partial charge on any atom is 0.338 e. The van der Waals surface area contributed by atoms with Crippen molar-refractivity contribution < 1.29 is 27.8 Å². The number of esters is 1. The first-order chi connectivity index (χ1) is 15.7. The molecule has 9 heteroatoms. The summed E-state index contributed by atoms with van der Waals surface area (Å²) in [7, 11) is 0. The van der Waals surface area contributed by atoms with Gasteiger partial charge in [0.2, 0.25) is 5.91 Å². The second-order valence-corrected chi connectivity index (χ2v) is 10.9. The fraction of sp³-hybridized carbons (Fsp3) is 0.440. The Labute approximate surface area is 206 Å². The van der Waals surface area contributed by atoms with Crippen LogP contribution in [0.4, 0.5) is 20.2 Å². The molecule has 1 saturated heterocycles. The van der Waals surface area contributed by atoms with Gasteiger partial charge in [0, 0.05) is 11.0 Å². The topological polar surface area (TPSA) is 76.7 Å². The summed E-state index contributed by atoms with van der Waals surface area (Å²) in [4.78, 5) is 25.3. The van der Waals surface area contributed by atoms with Gasteiger partial charge in [-0.3, -0.25) is 4.79 Å². The summed E-state index contributed by atoms with van der Waals surface area (Å²) in [6.07, 6.45) is -0.360. The number of hydrogen-bond acceptors (Lipinski definition) is 5. The van der Waals surface area contributed by atoms with E-state index in [0.717, 1.165) is 12.1 Å². The van der Waals surface area contributed by atoms with Crippen molar-refractivity contribution in [2.75, 3.05) is 23.8 Å². The lowest BCUT2D eigenvalue weighted by Crippen LogP contribution is -2.35. The molecule has 1 heterocycles. The number of ether oxygens (including phenoxy) is 2. The van der Waals surface area contributed by atoms with Crippen molar-refractivity contribution in [3.05, 3.63) is 57.6 Å². The van der Waals surface area contributed by atoms with E-state index in [-0.39, 0.29) is 27.9 Å². The third kappa shape index (κ3) is 6.54. The van der Waals surface area contributed by atoms with E-state index in [9.17, 15) is 18.4 Å². The smallest absolute Gasteiger partial charge is 0.338 e. The zero-order valence-corrected chi connectivity index (χ0v) is 21.4. The monoisotopic (exact) mass is 538 g/mol. The van der Waals surface area contributed by atoms with Crippen molar-refractivity contribution in [3.63, 3.8) is 0 Å². The predicted molar refractivity (Wildman–Crippen MR) is 130 cm³/mol. The Kier molecular flexibility index (Phi) is 7.67. The second kappa shape index (κ2) is 10.00. The van der Waals surface area contributed by atoms with Gasteiger partial charge in [-0.1, -0.05) is 13.8 Å². The molecule has 1 aliphatic heterocycles. The molecule has 0 saturated carbocycles. The highest BCUT2D eigenvalue weighted by atomic mass is 79.9. The lowest BCUT2D eigenvalue weighted by atomic mass is 9.87. The number of hydrogen-bond donors (Lipinski definition) is 2. The Hall–Kier alpha value is -2.52. The normalized spacial score (nSPS) is 17.4. The van der Waals surface area contributed by atoms with Gasteiger partial charge < -0.3 is 20.1 Å². The molecule has 1 aliphatic rings. The number of rotatable bonds is 6. The fourth-order valence-corrected chi connectivity index (χ4v) is 3.81. The largest absolute Gasteiger partial charge is 0.456 e. The highest BCUT2D eigenvalue weighted by molar-refractivity contribution is 9.10. The van der Waals surface area contributed by atoms with Gasteiger partial charge in [-0.15, -0.1) is 0 Å². The van der Waals surface area contributed by atoms with Crippen LogP contribution in [0, 0.1) is 17.0 Å². The van der Waals surface area contributed by atoms with E-state index in [1.807, 2.05) is 0 Å². The lowest BCUT2D eigenvalue weighted by molar-refractivity contribution is -0.115. The van der Waals surface area contributed by atoms with Crippen molar-refractivity contribution in [2.45, 2.75) is 52.7 Å². The van der Waals surface area contributed by atoms with Crippen LogP contribution in [0.1, 0.15) is 50.5 Å². The molecule has 2 N–H and O–H groups in total. The first kappa shape index (κ1) is 26.1. The van der Waals surface area contributed by atoms with Crippen LogP contribution in [0.5, 0.6) is 0 Å². The van der Waals surface area contributed by atoms with Crippen LogP contribution < -0.4 is 10.6 Å². The number of anilines is 2. The summed E-state index contributed by atoms with van der Waals surface area (Å²) in [5.41, 5.74) is 0.307. The van der Waals surface area contributed by atoms with Crippen LogP contribution in [0.15, 0.2) is 34.8 Å². The first-order valence-corrected chi connectivity index (χ1v) is 11.7. The third-order valence-electron chi connectivity index (χ3n) is 5.40. The molecule has 1 fully saturated rings. The Morgan fingerprint density at radius 2 is 1.85 bits per heavy atom. The molecule has 0 bridgehead atoms. The van der Waals surface area contributed by atoms with E-state index in [0.29, 0.717) is 30.2 Å². The SMILES string of the molecule is CC(C)(C)OC(=O)c1ccc(NC(=O)Cc2cc(F)c(Br)cc2F)c(N[C@@H]2COCC2(C)C)c1. The highest BCUT2D eigenvalue weighted by Gasteiger charge is 2.36. The summed E-state index contributed by atoms with van der Waals surface area (Å²) >= 11 is 2.93. The predicted octanol–water partition coefficient (Wildman–Crippen LogP) is 5.70. The van der Waals surface area contributed by atoms with E-state index in [2.05, 4.69) is 40.4 Å². The summed E-state index contributed by atoms with van der Waals surface area (Å²) in [5, 5.41) is 6.11. The quantitative estimate of drug-likeness (QED) is 0.364. The molecular weight excluding hydrogens is 510 g/mol. The van der Waals surface area contributed by atoms with Crippen molar-refractivity contribution in [1.82, 2.24) is 0 Å². The average Bonchev–Trinajstić information content (AvgIpc) is 3.04. The van der Waals surface area contributed by atoms with Gasteiger partial charge in [0.05, 0.1) is 47.1 Å². The molecule has 0 unspecified atom stereocenters. The lowest BCUT2D eigenvalue weighted by Gasteiger charge is -2.28. The zero-order chi connectivity index (χ0) is 25.3. The van der Waals surface area contributed by atoms with E-state index < -0.39 is 29.1 Å². The number of nitrogens with one attached hydrogen (secondary N) is 2. The summed E-state index contributed by atoms with van der Waals surface area (Å²) < 4.78 is 39.1. The van der Waals surface area contributed by atoms with Gasteiger partial charge in [0.15, 0.2) is 0 Å².